The number of hydrogen-bond acceptors (Lipinski definition) is 5. The molecule has 1 aromatic heterocycles. The summed E-state index contributed by atoms with van der Waals surface area (Å²) in [6.45, 7) is 4.03. The van der Waals surface area contributed by atoms with Crippen molar-refractivity contribution in [3.63, 3.8) is 0 Å². The summed E-state index contributed by atoms with van der Waals surface area (Å²) in [4.78, 5) is 6.85. The Morgan fingerprint density at radius 3 is 2.67 bits per heavy atom. The maximum absolute atomic E-state index is 8.71. The minimum Gasteiger partial charge on any atom is -0.475 e. The largest absolute Gasteiger partial charge is 0.475 e. The van der Waals surface area contributed by atoms with Crippen LogP contribution in [0.25, 0.3) is 0 Å². The van der Waals surface area contributed by atoms with Crippen LogP contribution in [0.4, 0.5) is 5.69 Å². The third-order valence-electron chi connectivity index (χ3n) is 4.25. The van der Waals surface area contributed by atoms with Crippen LogP contribution in [-0.4, -0.2) is 53.9 Å². The zero-order chi connectivity index (χ0) is 14.5. The van der Waals surface area contributed by atoms with Gasteiger partial charge in [0.15, 0.2) is 0 Å². The second-order valence-electron chi connectivity index (χ2n) is 6.12. The molecule has 2 fully saturated rings. The number of anilines is 1. The van der Waals surface area contributed by atoms with Gasteiger partial charge in [0.2, 0.25) is 5.88 Å². The Labute approximate surface area is 126 Å². The Morgan fingerprint density at radius 1 is 1.24 bits per heavy atom. The average Bonchev–Trinajstić information content (AvgIpc) is 3.33. The van der Waals surface area contributed by atoms with Crippen LogP contribution in [0.2, 0.25) is 0 Å². The molecule has 0 unspecified atom stereocenters. The van der Waals surface area contributed by atoms with Crippen LogP contribution in [-0.2, 0) is 0 Å². The summed E-state index contributed by atoms with van der Waals surface area (Å²) in [5.41, 5.74) is 1.05. The first kappa shape index (κ1) is 14.6. The van der Waals surface area contributed by atoms with Crippen LogP contribution in [0.3, 0.4) is 0 Å². The van der Waals surface area contributed by atoms with E-state index in [9.17, 15) is 0 Å². The third-order valence-corrected chi connectivity index (χ3v) is 4.25. The van der Waals surface area contributed by atoms with Gasteiger partial charge in [-0.2, -0.15) is 0 Å². The van der Waals surface area contributed by atoms with Gasteiger partial charge in [-0.15, -0.1) is 0 Å². The zero-order valence-corrected chi connectivity index (χ0v) is 12.5. The Hall–Kier alpha value is -1.33. The van der Waals surface area contributed by atoms with E-state index in [0.717, 1.165) is 11.6 Å². The van der Waals surface area contributed by atoms with Gasteiger partial charge in [0.05, 0.1) is 18.5 Å². The summed E-state index contributed by atoms with van der Waals surface area (Å²) >= 11 is 0. The molecule has 0 spiro atoms. The van der Waals surface area contributed by atoms with Gasteiger partial charge in [-0.3, -0.25) is 0 Å². The molecule has 1 saturated carbocycles. The van der Waals surface area contributed by atoms with Crippen molar-refractivity contribution in [2.75, 3.05) is 38.2 Å². The molecule has 116 valence electrons. The number of likely N-dealkylation sites (tertiary alicyclic amines) is 1. The number of rotatable bonds is 7. The molecular formula is C16H25N3O2. The molecule has 1 saturated heterocycles. The zero-order valence-electron chi connectivity index (χ0n) is 12.5. The van der Waals surface area contributed by atoms with E-state index >= 15 is 0 Å². The predicted molar refractivity (Wildman–Crippen MR) is 82.6 cm³/mol. The highest BCUT2D eigenvalue weighted by molar-refractivity contribution is 5.43. The van der Waals surface area contributed by atoms with E-state index in [2.05, 4.69) is 15.2 Å². The van der Waals surface area contributed by atoms with Gasteiger partial charge in [0, 0.05) is 31.7 Å². The first-order valence-electron chi connectivity index (χ1n) is 8.02. The lowest BCUT2D eigenvalue weighted by atomic mass is 10.0. The molecule has 0 radical (unpaired) electrons. The monoisotopic (exact) mass is 291 g/mol. The van der Waals surface area contributed by atoms with Crippen molar-refractivity contribution in [1.82, 2.24) is 9.88 Å². The molecule has 2 heterocycles. The number of pyridine rings is 1. The van der Waals surface area contributed by atoms with Gasteiger partial charge in [0.25, 0.3) is 0 Å². The van der Waals surface area contributed by atoms with Crippen LogP contribution in [0.15, 0.2) is 18.3 Å². The highest BCUT2D eigenvalue weighted by Crippen LogP contribution is 2.30. The minimum atomic E-state index is 0.0150. The van der Waals surface area contributed by atoms with Crippen molar-refractivity contribution in [3.05, 3.63) is 18.3 Å². The van der Waals surface area contributed by atoms with Gasteiger partial charge in [-0.25, -0.2) is 4.98 Å². The molecule has 1 aliphatic carbocycles. The quantitative estimate of drug-likeness (QED) is 0.801. The summed E-state index contributed by atoms with van der Waals surface area (Å²) < 4.78 is 5.26. The fraction of sp³-hybridized carbons (Fsp3) is 0.688. The lowest BCUT2D eigenvalue weighted by Gasteiger charge is -2.32. The van der Waals surface area contributed by atoms with E-state index in [-0.39, 0.29) is 6.61 Å². The van der Waals surface area contributed by atoms with Crippen LogP contribution >= 0.6 is 0 Å². The fourth-order valence-corrected chi connectivity index (χ4v) is 2.86. The number of nitrogens with zero attached hydrogens (tertiary/aromatic N) is 2. The molecule has 21 heavy (non-hydrogen) atoms. The Kier molecular flexibility index (Phi) is 4.93. The van der Waals surface area contributed by atoms with Crippen molar-refractivity contribution < 1.29 is 9.84 Å². The normalized spacial score (nSPS) is 20.4. The number of hydrogen-bond donors (Lipinski definition) is 2. The van der Waals surface area contributed by atoms with Crippen LogP contribution in [0.1, 0.15) is 25.7 Å². The number of aliphatic hydroxyl groups excluding tert-OH is 1. The third kappa shape index (κ3) is 4.58. The fourth-order valence-electron chi connectivity index (χ4n) is 2.86. The first-order valence-corrected chi connectivity index (χ1v) is 8.02. The van der Waals surface area contributed by atoms with E-state index in [4.69, 9.17) is 9.84 Å². The highest BCUT2D eigenvalue weighted by atomic mass is 16.5. The van der Waals surface area contributed by atoms with Crippen molar-refractivity contribution in [1.29, 1.82) is 0 Å². The molecule has 3 rings (SSSR count). The molecule has 1 aromatic rings. The molecule has 1 aliphatic heterocycles. The molecule has 2 N–H and O–H groups in total. The lowest BCUT2D eigenvalue weighted by Crippen LogP contribution is -2.40. The second kappa shape index (κ2) is 7.09. The molecule has 0 aromatic carbocycles. The topological polar surface area (TPSA) is 57.6 Å². The maximum Gasteiger partial charge on any atom is 0.213 e. The van der Waals surface area contributed by atoms with E-state index in [1.165, 1.54) is 45.3 Å². The second-order valence-corrected chi connectivity index (χ2v) is 6.12. The molecule has 5 heteroatoms. The van der Waals surface area contributed by atoms with Crippen molar-refractivity contribution in [3.8, 4) is 5.88 Å². The molecule has 0 amide bonds. The van der Waals surface area contributed by atoms with Gasteiger partial charge in [-0.1, -0.05) is 0 Å². The lowest BCUT2D eigenvalue weighted by molar-refractivity contribution is 0.196. The van der Waals surface area contributed by atoms with E-state index in [0.29, 0.717) is 18.5 Å². The first-order chi connectivity index (χ1) is 10.3. The van der Waals surface area contributed by atoms with Gasteiger partial charge >= 0.3 is 0 Å². The molecule has 2 aliphatic rings. The minimum absolute atomic E-state index is 0.0150. The number of aromatic nitrogens is 1. The average molecular weight is 291 g/mol. The molecular weight excluding hydrogens is 266 g/mol. The summed E-state index contributed by atoms with van der Waals surface area (Å²) in [6, 6.07) is 4.39. The smallest absolute Gasteiger partial charge is 0.213 e. The Bertz CT molecular complexity index is 426. The standard InChI is InChI=1S/C16H25N3O2/c20-9-10-21-16-4-3-15(11-17-16)18-14-5-7-19(8-6-14)12-13-1-2-13/h3-4,11,13-14,18,20H,1-2,5-10,12H2. The van der Waals surface area contributed by atoms with Gasteiger partial charge in [-0.05, 0) is 37.7 Å². The summed E-state index contributed by atoms with van der Waals surface area (Å²) in [5.74, 6) is 1.55. The SMILES string of the molecule is OCCOc1ccc(NC2CCN(CC3CC3)CC2)cn1. The van der Waals surface area contributed by atoms with E-state index < -0.39 is 0 Å². The predicted octanol–water partition coefficient (Wildman–Crippen LogP) is 1.74. The number of aliphatic hydroxyl groups is 1. The highest BCUT2D eigenvalue weighted by Gasteiger charge is 2.26. The number of ether oxygens (including phenoxy) is 1. The van der Waals surface area contributed by atoms with Crippen LogP contribution in [0.5, 0.6) is 5.88 Å². The van der Waals surface area contributed by atoms with Crippen LogP contribution in [0, 0.1) is 5.92 Å². The molecule has 0 bridgehead atoms. The van der Waals surface area contributed by atoms with Gasteiger partial charge < -0.3 is 20.1 Å². The summed E-state index contributed by atoms with van der Waals surface area (Å²) in [5, 5.41) is 12.3. The van der Waals surface area contributed by atoms with E-state index in [1.54, 1.807) is 0 Å². The summed E-state index contributed by atoms with van der Waals surface area (Å²) in [7, 11) is 0. The number of nitrogens with one attached hydrogen (secondary N) is 1. The maximum atomic E-state index is 8.71. The molecule has 5 nitrogen and oxygen atoms in total. The summed E-state index contributed by atoms with van der Waals surface area (Å²) in [6.07, 6.45) is 7.09. The van der Waals surface area contributed by atoms with E-state index in [1.807, 2.05) is 18.3 Å². The van der Waals surface area contributed by atoms with Crippen molar-refractivity contribution >= 4 is 5.69 Å². The van der Waals surface area contributed by atoms with Crippen LogP contribution < -0.4 is 10.1 Å². The Balaban J connectivity index is 1.41. The van der Waals surface area contributed by atoms with Crippen molar-refractivity contribution in [2.24, 2.45) is 5.92 Å². The van der Waals surface area contributed by atoms with Crippen molar-refractivity contribution in [2.45, 2.75) is 31.7 Å². The Morgan fingerprint density at radius 2 is 2.05 bits per heavy atom. The number of piperidine rings is 1. The molecule has 0 atom stereocenters. The van der Waals surface area contributed by atoms with Gasteiger partial charge in [0.1, 0.15) is 6.61 Å².